The van der Waals surface area contributed by atoms with E-state index >= 15 is 0 Å². The first-order valence-electron chi connectivity index (χ1n) is 16.7. The number of aromatic nitrogens is 1. The van der Waals surface area contributed by atoms with Gasteiger partial charge in [0, 0.05) is 48.3 Å². The molecular weight excluding hydrogens is 613 g/mol. The van der Waals surface area contributed by atoms with E-state index in [9.17, 15) is 0 Å². The third-order valence-electron chi connectivity index (χ3n) is 9.97. The zero-order valence-electron chi connectivity index (χ0n) is 27.5. The van der Waals surface area contributed by atoms with E-state index in [-0.39, 0.29) is 0 Å². The molecule has 2 N–H and O–H groups in total. The zero-order chi connectivity index (χ0) is 33.2. The van der Waals surface area contributed by atoms with Crippen molar-refractivity contribution < 1.29 is 0 Å². The predicted molar refractivity (Wildman–Crippen MR) is 213 cm³/mol. The molecule has 0 amide bonds. The lowest BCUT2D eigenvalue weighted by atomic mass is 9.95. The quantitative estimate of drug-likeness (QED) is 0.198. The van der Waals surface area contributed by atoms with Gasteiger partial charge in [-0.05, 0) is 101 Å². The third-order valence-corrected chi connectivity index (χ3v) is 11.2. The Morgan fingerprint density at radius 1 is 0.694 bits per heavy atom. The molecule has 49 heavy (non-hydrogen) atoms. The van der Waals surface area contributed by atoms with Crippen LogP contribution in [0.4, 0.5) is 0 Å². The lowest BCUT2D eigenvalue weighted by Crippen LogP contribution is -2.03. The first-order valence-corrected chi connectivity index (χ1v) is 17.5. The average Bonchev–Trinajstić information content (AvgIpc) is 3.79. The van der Waals surface area contributed by atoms with E-state index in [1.54, 1.807) is 11.3 Å². The van der Waals surface area contributed by atoms with Gasteiger partial charge in [-0.3, -0.25) is 0 Å². The Bertz CT molecular complexity index is 2710. The first-order chi connectivity index (χ1) is 24.1. The second-order valence-corrected chi connectivity index (χ2v) is 13.8. The van der Waals surface area contributed by atoms with E-state index < -0.39 is 0 Å². The van der Waals surface area contributed by atoms with Crippen LogP contribution in [0.2, 0.25) is 0 Å². The molecule has 0 unspecified atom stereocenters. The number of rotatable bonds is 5. The molecule has 0 fully saturated rings. The van der Waals surface area contributed by atoms with Crippen molar-refractivity contribution in [1.29, 1.82) is 0 Å². The summed E-state index contributed by atoms with van der Waals surface area (Å²) in [5, 5.41) is 3.72. The van der Waals surface area contributed by atoms with E-state index in [0.29, 0.717) is 0 Å². The molecule has 0 saturated heterocycles. The molecule has 2 nitrogen and oxygen atoms in total. The van der Waals surface area contributed by atoms with E-state index in [2.05, 4.69) is 165 Å². The maximum absolute atomic E-state index is 7.17. The largest absolute Gasteiger partial charge is 0.398 e. The number of thiophene rings is 1. The van der Waals surface area contributed by atoms with Crippen molar-refractivity contribution in [3.05, 3.63) is 173 Å². The van der Waals surface area contributed by atoms with Crippen molar-refractivity contribution in [3.8, 4) is 27.9 Å². The van der Waals surface area contributed by atoms with Gasteiger partial charge >= 0.3 is 0 Å². The number of nitrogens with two attached hydrogens (primary N) is 1. The highest BCUT2D eigenvalue weighted by Gasteiger charge is 2.27. The summed E-state index contributed by atoms with van der Waals surface area (Å²) in [5.41, 5.74) is 23.3. The van der Waals surface area contributed by atoms with Crippen LogP contribution in [0.5, 0.6) is 0 Å². The summed E-state index contributed by atoms with van der Waals surface area (Å²) in [6.07, 6.45) is 6.26. The molecular formula is C46H34N2S. The van der Waals surface area contributed by atoms with Crippen LogP contribution in [0.1, 0.15) is 39.6 Å². The molecule has 0 saturated carbocycles. The highest BCUT2D eigenvalue weighted by molar-refractivity contribution is 7.20. The van der Waals surface area contributed by atoms with Gasteiger partial charge in [0.15, 0.2) is 0 Å². The maximum Gasteiger partial charge on any atom is 0.0541 e. The van der Waals surface area contributed by atoms with Gasteiger partial charge < -0.3 is 10.3 Å². The Morgan fingerprint density at radius 2 is 1.41 bits per heavy atom. The summed E-state index contributed by atoms with van der Waals surface area (Å²) in [7, 11) is 0. The standard InChI is InChI=1S/C46H34N2S/c1-4-12-35-39-27-30(22-24-43(39)49-42(35)5-2)29-21-23-41-38(26-29)34-17-8-9-20-40(34)48(41)32-15-11-14-31(25-32)46(47)45-37-18-7-6-16-33(37)36-19-10-13-28(3)44(36)45/h4-27H,2,47H2,1,3H3/b12-4-,46-45-. The van der Waals surface area contributed by atoms with Crippen molar-refractivity contribution in [2.45, 2.75) is 13.8 Å². The van der Waals surface area contributed by atoms with Gasteiger partial charge in [0.05, 0.1) is 11.0 Å². The van der Waals surface area contributed by atoms with Crippen LogP contribution < -0.4 is 5.73 Å². The minimum atomic E-state index is 0.797. The van der Waals surface area contributed by atoms with Gasteiger partial charge in [-0.25, -0.2) is 0 Å². The van der Waals surface area contributed by atoms with Gasteiger partial charge in [-0.1, -0.05) is 110 Å². The van der Waals surface area contributed by atoms with Crippen LogP contribution in [0.15, 0.2) is 140 Å². The third kappa shape index (κ3) is 4.47. The van der Waals surface area contributed by atoms with Crippen molar-refractivity contribution in [2.24, 2.45) is 5.73 Å². The van der Waals surface area contributed by atoms with Gasteiger partial charge in [-0.2, -0.15) is 0 Å². The number of hydrogen-bond acceptors (Lipinski definition) is 2. The van der Waals surface area contributed by atoms with Gasteiger partial charge in [0.25, 0.3) is 0 Å². The Morgan fingerprint density at radius 3 is 2.24 bits per heavy atom. The first kappa shape index (κ1) is 29.3. The molecule has 8 aromatic rings. The van der Waals surface area contributed by atoms with Gasteiger partial charge in [0.2, 0.25) is 0 Å². The summed E-state index contributed by atoms with van der Waals surface area (Å²) in [6, 6.07) is 46.2. The fraction of sp³-hybridized carbons (Fsp3) is 0.0435. The molecule has 0 spiro atoms. The summed E-state index contributed by atoms with van der Waals surface area (Å²) in [6.45, 7) is 8.31. The molecule has 1 aliphatic rings. The second kappa shape index (κ2) is 11.4. The van der Waals surface area contributed by atoms with Crippen molar-refractivity contribution in [2.75, 3.05) is 0 Å². The van der Waals surface area contributed by atoms with Crippen molar-refractivity contribution in [3.63, 3.8) is 0 Å². The number of allylic oxidation sites excluding steroid dienone is 1. The number of hydrogen-bond donors (Lipinski definition) is 1. The minimum absolute atomic E-state index is 0.797. The normalized spacial score (nSPS) is 13.4. The molecule has 2 aromatic heterocycles. The Labute approximate surface area is 290 Å². The summed E-state index contributed by atoms with van der Waals surface area (Å²) < 4.78 is 3.65. The SMILES string of the molecule is C=Cc1sc2ccc(-c3ccc4c(c3)c3ccccc3n4-c3cccc(/C(N)=C4\c5ccccc5-c5cccc(C)c54)c3)cc2c1/C=C\C. The second-order valence-electron chi connectivity index (χ2n) is 12.8. The number of para-hydroxylation sites is 1. The summed E-state index contributed by atoms with van der Waals surface area (Å²) in [5.74, 6) is 0. The summed E-state index contributed by atoms with van der Waals surface area (Å²) >= 11 is 1.79. The van der Waals surface area contributed by atoms with Crippen LogP contribution in [-0.4, -0.2) is 4.57 Å². The number of fused-ring (bicyclic) bond motifs is 7. The fourth-order valence-corrected chi connectivity index (χ4v) is 8.79. The van der Waals surface area contributed by atoms with E-state index in [0.717, 1.165) is 22.5 Å². The summed E-state index contributed by atoms with van der Waals surface area (Å²) in [4.78, 5) is 1.21. The van der Waals surface area contributed by atoms with Gasteiger partial charge in [0.1, 0.15) is 0 Å². The van der Waals surface area contributed by atoms with E-state index in [4.69, 9.17) is 5.73 Å². The Hall–Kier alpha value is -5.90. The number of aryl methyl sites for hydroxylation is 1. The van der Waals surface area contributed by atoms with Gasteiger partial charge in [-0.15, -0.1) is 11.3 Å². The fourth-order valence-electron chi connectivity index (χ4n) is 7.77. The molecule has 0 radical (unpaired) electrons. The monoisotopic (exact) mass is 646 g/mol. The highest BCUT2D eigenvalue weighted by atomic mass is 32.1. The highest BCUT2D eigenvalue weighted by Crippen LogP contribution is 2.48. The van der Waals surface area contributed by atoms with Crippen LogP contribution in [0, 0.1) is 6.92 Å². The average molecular weight is 647 g/mol. The minimum Gasteiger partial charge on any atom is -0.398 e. The van der Waals surface area contributed by atoms with Crippen molar-refractivity contribution in [1.82, 2.24) is 4.57 Å². The number of benzene rings is 6. The lowest BCUT2D eigenvalue weighted by molar-refractivity contribution is 1.18. The lowest BCUT2D eigenvalue weighted by Gasteiger charge is -2.14. The molecule has 3 heteroatoms. The van der Waals surface area contributed by atoms with Crippen LogP contribution in [0.3, 0.4) is 0 Å². The molecule has 9 rings (SSSR count). The molecule has 234 valence electrons. The van der Waals surface area contributed by atoms with Crippen LogP contribution in [0.25, 0.3) is 83.3 Å². The number of nitrogens with zero attached hydrogens (tertiary/aromatic N) is 1. The Kier molecular flexibility index (Phi) is 6.79. The smallest absolute Gasteiger partial charge is 0.0541 e. The molecule has 6 aromatic carbocycles. The van der Waals surface area contributed by atoms with Crippen molar-refractivity contribution >= 4 is 66.7 Å². The Balaban J connectivity index is 1.21. The molecule has 0 aliphatic heterocycles. The molecule has 1 aliphatic carbocycles. The predicted octanol–water partition coefficient (Wildman–Crippen LogP) is 12.5. The van der Waals surface area contributed by atoms with E-state index in [1.165, 1.54) is 81.3 Å². The van der Waals surface area contributed by atoms with Crippen LogP contribution in [-0.2, 0) is 0 Å². The molecule has 0 atom stereocenters. The molecule has 0 bridgehead atoms. The topological polar surface area (TPSA) is 30.9 Å². The maximum atomic E-state index is 7.17. The zero-order valence-corrected chi connectivity index (χ0v) is 28.3. The van der Waals surface area contributed by atoms with Crippen LogP contribution >= 0.6 is 11.3 Å². The van der Waals surface area contributed by atoms with E-state index in [1.807, 2.05) is 6.08 Å². The molecule has 2 heterocycles.